The van der Waals surface area contributed by atoms with Crippen LogP contribution in [0.15, 0.2) is 18.2 Å². The normalized spacial score (nSPS) is 26.6. The molecular weight excluding hydrogens is 262 g/mol. The van der Waals surface area contributed by atoms with Crippen LogP contribution in [0.3, 0.4) is 0 Å². The summed E-state index contributed by atoms with van der Waals surface area (Å²) in [6.07, 6.45) is 1.24. The predicted octanol–water partition coefficient (Wildman–Crippen LogP) is 2.88. The molecule has 0 bridgehead atoms. The Hall–Kier alpha value is -1.55. The lowest BCUT2D eigenvalue weighted by molar-refractivity contribution is -0.118. The van der Waals surface area contributed by atoms with Crippen molar-refractivity contribution in [3.05, 3.63) is 23.8 Å². The lowest BCUT2D eigenvalue weighted by Gasteiger charge is -2.40. The van der Waals surface area contributed by atoms with Crippen molar-refractivity contribution in [2.75, 3.05) is 24.1 Å². The number of rotatable bonds is 3. The second kappa shape index (κ2) is 6.48. The van der Waals surface area contributed by atoms with E-state index in [0.29, 0.717) is 35.8 Å². The van der Waals surface area contributed by atoms with Crippen molar-refractivity contribution in [3.8, 4) is 0 Å². The Morgan fingerprint density at radius 1 is 1.38 bits per heavy atom. The van der Waals surface area contributed by atoms with Crippen LogP contribution in [-0.2, 0) is 4.79 Å². The molecule has 0 aromatic heterocycles. The van der Waals surface area contributed by atoms with Crippen molar-refractivity contribution in [1.29, 1.82) is 0 Å². The highest BCUT2D eigenvalue weighted by Crippen LogP contribution is 2.27. The van der Waals surface area contributed by atoms with Gasteiger partial charge in [-0.2, -0.15) is 0 Å². The van der Waals surface area contributed by atoms with E-state index in [9.17, 15) is 4.79 Å². The minimum Gasteiger partial charge on any atom is -0.397 e. The first-order chi connectivity index (χ1) is 9.86. The molecule has 1 aliphatic heterocycles. The summed E-state index contributed by atoms with van der Waals surface area (Å²) in [5.74, 6) is 1.29. The Kier molecular flexibility index (Phi) is 4.88. The van der Waals surface area contributed by atoms with E-state index in [1.807, 2.05) is 25.1 Å². The molecule has 3 atom stereocenters. The third kappa shape index (κ3) is 3.97. The number of aryl methyl sites for hydroxylation is 1. The van der Waals surface area contributed by atoms with E-state index in [2.05, 4.69) is 31.0 Å². The summed E-state index contributed by atoms with van der Waals surface area (Å²) in [5, 5.41) is 2.93. The first-order valence-electron chi connectivity index (χ1n) is 7.77. The number of nitrogens with two attached hydrogens (primary N) is 1. The first-order valence-corrected chi connectivity index (χ1v) is 7.77. The van der Waals surface area contributed by atoms with Crippen molar-refractivity contribution in [3.63, 3.8) is 0 Å². The first kappa shape index (κ1) is 15.8. The molecule has 3 N–H and O–H groups in total. The molecule has 1 aliphatic rings. The van der Waals surface area contributed by atoms with Gasteiger partial charge in [-0.25, -0.2) is 0 Å². The highest BCUT2D eigenvalue weighted by molar-refractivity contribution is 5.95. The zero-order chi connectivity index (χ0) is 15.6. The van der Waals surface area contributed by atoms with Gasteiger partial charge in [-0.3, -0.25) is 9.69 Å². The number of anilines is 2. The summed E-state index contributed by atoms with van der Waals surface area (Å²) in [5.41, 5.74) is 8.37. The third-order valence-electron chi connectivity index (χ3n) is 4.55. The molecule has 4 heteroatoms. The van der Waals surface area contributed by atoms with Gasteiger partial charge < -0.3 is 11.1 Å². The van der Waals surface area contributed by atoms with E-state index >= 15 is 0 Å². The van der Waals surface area contributed by atoms with E-state index in [1.54, 1.807) is 0 Å². The molecule has 4 nitrogen and oxygen atoms in total. The predicted molar refractivity (Wildman–Crippen MR) is 88.2 cm³/mol. The molecule has 3 unspecified atom stereocenters. The average molecular weight is 289 g/mol. The van der Waals surface area contributed by atoms with E-state index in [0.717, 1.165) is 12.1 Å². The second-order valence-electron chi connectivity index (χ2n) is 6.63. The fourth-order valence-electron chi connectivity index (χ4n) is 3.21. The maximum absolute atomic E-state index is 12.3. The molecule has 1 fully saturated rings. The minimum atomic E-state index is 0.0127. The van der Waals surface area contributed by atoms with Crippen LogP contribution in [0.1, 0.15) is 32.8 Å². The molecule has 0 radical (unpaired) electrons. The highest BCUT2D eigenvalue weighted by atomic mass is 16.2. The van der Waals surface area contributed by atoms with Gasteiger partial charge in [-0.15, -0.1) is 0 Å². The molecule has 1 aromatic carbocycles. The Bertz CT molecular complexity index is 515. The fourth-order valence-corrected chi connectivity index (χ4v) is 3.21. The number of nitrogen functional groups attached to an aromatic ring is 1. The largest absolute Gasteiger partial charge is 0.397 e. The van der Waals surface area contributed by atoms with E-state index in [4.69, 9.17) is 5.73 Å². The van der Waals surface area contributed by atoms with Crippen LogP contribution in [0.25, 0.3) is 0 Å². The Morgan fingerprint density at radius 2 is 2.10 bits per heavy atom. The number of nitrogens with zero attached hydrogens (tertiary/aromatic N) is 1. The Labute approximate surface area is 127 Å². The molecule has 2 rings (SSSR count). The smallest absolute Gasteiger partial charge is 0.238 e. The maximum atomic E-state index is 12.3. The molecule has 1 amide bonds. The zero-order valence-corrected chi connectivity index (χ0v) is 13.5. The number of likely N-dealkylation sites (tertiary alicyclic amines) is 1. The molecule has 0 saturated carbocycles. The van der Waals surface area contributed by atoms with E-state index in [1.165, 1.54) is 6.42 Å². The number of benzene rings is 1. The minimum absolute atomic E-state index is 0.0127. The number of carbonyl (C=O) groups is 1. The summed E-state index contributed by atoms with van der Waals surface area (Å²) in [7, 11) is 0. The van der Waals surface area contributed by atoms with Gasteiger partial charge in [0.15, 0.2) is 0 Å². The van der Waals surface area contributed by atoms with Gasteiger partial charge in [-0.1, -0.05) is 19.9 Å². The van der Waals surface area contributed by atoms with Crippen molar-refractivity contribution in [2.45, 2.75) is 40.2 Å². The van der Waals surface area contributed by atoms with Crippen molar-refractivity contribution >= 4 is 17.3 Å². The summed E-state index contributed by atoms with van der Waals surface area (Å²) in [6, 6.07) is 6.15. The second-order valence-corrected chi connectivity index (χ2v) is 6.63. The number of nitrogens with one attached hydrogen (secondary N) is 1. The van der Waals surface area contributed by atoms with E-state index in [-0.39, 0.29) is 5.91 Å². The SMILES string of the molecule is Cc1ccc(NC(=O)CN2CC(C)CC(C)C2C)c(N)c1. The molecule has 116 valence electrons. The van der Waals surface area contributed by atoms with E-state index < -0.39 is 0 Å². The Morgan fingerprint density at radius 3 is 2.76 bits per heavy atom. The summed E-state index contributed by atoms with van der Waals surface area (Å²) in [4.78, 5) is 14.5. The summed E-state index contributed by atoms with van der Waals surface area (Å²) >= 11 is 0. The lowest BCUT2D eigenvalue weighted by Crippen LogP contribution is -2.48. The van der Waals surface area contributed by atoms with Crippen LogP contribution < -0.4 is 11.1 Å². The number of piperidine rings is 1. The van der Waals surface area contributed by atoms with Crippen molar-refractivity contribution in [2.24, 2.45) is 11.8 Å². The zero-order valence-electron chi connectivity index (χ0n) is 13.5. The van der Waals surface area contributed by atoms with Gasteiger partial charge in [0, 0.05) is 12.6 Å². The quantitative estimate of drug-likeness (QED) is 0.841. The topological polar surface area (TPSA) is 58.4 Å². The van der Waals surface area contributed by atoms with Crippen molar-refractivity contribution in [1.82, 2.24) is 4.90 Å². The maximum Gasteiger partial charge on any atom is 0.238 e. The standard InChI is InChI=1S/C17H27N3O/c1-11-5-6-16(15(18)8-11)19-17(21)10-20-9-12(2)7-13(3)14(20)4/h5-6,8,12-14H,7,9-10,18H2,1-4H3,(H,19,21). The van der Waals surface area contributed by atoms with Crippen molar-refractivity contribution < 1.29 is 4.79 Å². The highest BCUT2D eigenvalue weighted by Gasteiger charge is 2.29. The molecule has 1 heterocycles. The van der Waals surface area contributed by atoms with Gasteiger partial charge >= 0.3 is 0 Å². The third-order valence-corrected chi connectivity index (χ3v) is 4.55. The molecular formula is C17H27N3O. The van der Waals surface area contributed by atoms with Crippen LogP contribution in [-0.4, -0.2) is 29.9 Å². The van der Waals surface area contributed by atoms with Gasteiger partial charge in [0.25, 0.3) is 0 Å². The van der Waals surface area contributed by atoms with Gasteiger partial charge in [-0.05, 0) is 49.8 Å². The monoisotopic (exact) mass is 289 g/mol. The number of amides is 1. The number of hydrogen-bond donors (Lipinski definition) is 2. The number of carbonyl (C=O) groups excluding carboxylic acids is 1. The summed E-state index contributed by atoms with van der Waals surface area (Å²) in [6.45, 7) is 10.1. The summed E-state index contributed by atoms with van der Waals surface area (Å²) < 4.78 is 0. The molecule has 21 heavy (non-hydrogen) atoms. The molecule has 0 aliphatic carbocycles. The molecule has 1 saturated heterocycles. The van der Waals surface area contributed by atoms with Crippen LogP contribution in [0.4, 0.5) is 11.4 Å². The number of hydrogen-bond acceptors (Lipinski definition) is 3. The fraction of sp³-hybridized carbons (Fsp3) is 0.588. The van der Waals surface area contributed by atoms with Gasteiger partial charge in [0.1, 0.15) is 0 Å². The van der Waals surface area contributed by atoms with Gasteiger partial charge in [0.05, 0.1) is 17.9 Å². The van der Waals surface area contributed by atoms with Gasteiger partial charge in [0.2, 0.25) is 5.91 Å². The molecule has 1 aromatic rings. The van der Waals surface area contributed by atoms with Crippen LogP contribution in [0.5, 0.6) is 0 Å². The van der Waals surface area contributed by atoms with Crippen LogP contribution in [0, 0.1) is 18.8 Å². The van der Waals surface area contributed by atoms with Crippen LogP contribution >= 0.6 is 0 Å². The molecule has 0 spiro atoms. The van der Waals surface area contributed by atoms with Crippen LogP contribution in [0.2, 0.25) is 0 Å². The lowest BCUT2D eigenvalue weighted by atomic mass is 9.86. The average Bonchev–Trinajstić information content (AvgIpc) is 2.38. The Balaban J connectivity index is 1.97.